The van der Waals surface area contributed by atoms with Crippen molar-refractivity contribution in [1.82, 2.24) is 0 Å². The molecule has 4 aromatic rings. The zero-order valence-corrected chi connectivity index (χ0v) is 26.2. The summed E-state index contributed by atoms with van der Waals surface area (Å²) >= 11 is -4.42. The van der Waals surface area contributed by atoms with Gasteiger partial charge in [0, 0.05) is 0 Å². The van der Waals surface area contributed by atoms with Crippen LogP contribution in [0.5, 0.6) is 0 Å². The normalized spacial score (nSPS) is 15.4. The minimum atomic E-state index is -4.42. The van der Waals surface area contributed by atoms with E-state index in [1.54, 1.807) is 6.55 Å². The van der Waals surface area contributed by atoms with Crippen LogP contribution in [-0.4, -0.2) is 4.21 Å². The fourth-order valence-electron chi connectivity index (χ4n) is 7.41. The maximum atomic E-state index is 5.65. The van der Waals surface area contributed by atoms with Crippen molar-refractivity contribution in [1.29, 1.82) is 0 Å². The van der Waals surface area contributed by atoms with Crippen LogP contribution in [-0.2, 0) is 24.7 Å². The Hall–Kier alpha value is -2.31. The van der Waals surface area contributed by atoms with E-state index in [9.17, 15) is 0 Å². The van der Waals surface area contributed by atoms with Crippen molar-refractivity contribution >= 4 is 32.3 Å². The summed E-state index contributed by atoms with van der Waals surface area (Å²) in [6, 6.07) is 38.5. The first-order valence-corrected chi connectivity index (χ1v) is 20.3. The molecule has 0 nitrogen and oxygen atoms in total. The summed E-state index contributed by atoms with van der Waals surface area (Å²) in [6.07, 6.45) is 9.09. The number of halogens is 2. The van der Waals surface area contributed by atoms with Gasteiger partial charge in [-0.15, -0.1) is 24.8 Å². The van der Waals surface area contributed by atoms with Crippen molar-refractivity contribution in [3.05, 3.63) is 147 Å². The van der Waals surface area contributed by atoms with Crippen molar-refractivity contribution in [2.45, 2.75) is 33.9 Å². The summed E-state index contributed by atoms with van der Waals surface area (Å²) < 4.78 is 9.53. The second-order valence-corrected chi connectivity index (χ2v) is 26.1. The quantitative estimate of drug-likeness (QED) is 0.178. The summed E-state index contributed by atoms with van der Waals surface area (Å²) in [6.45, 7) is 4.99. The second-order valence-electron chi connectivity index (χ2n) is 10.9. The standard InChI is InChI=1S/C13H9.2C8H9.C5H5.CH2.2ClH.Zr/c1-3-7-12-10(5-1)9-11-6-2-4-8-13(11)12;2*1-2-8-6-4-3-5-7-8;1-2-4-5-3-1;;;;/h1-5,7-8H,9H2;2*2-7H,1H3;1-3H,4H2;1H2;2*1H;. The molecule has 0 bridgehead atoms. The van der Waals surface area contributed by atoms with Crippen molar-refractivity contribution < 1.29 is 18.3 Å². The van der Waals surface area contributed by atoms with E-state index in [1.807, 2.05) is 0 Å². The first-order valence-electron chi connectivity index (χ1n) is 13.2. The third-order valence-corrected chi connectivity index (χ3v) is 29.9. The molecule has 38 heavy (non-hydrogen) atoms. The predicted octanol–water partition coefficient (Wildman–Crippen LogP) is 9.21. The Bertz CT molecular complexity index is 1510. The van der Waals surface area contributed by atoms with Crippen LogP contribution in [0, 0.1) is 0 Å². The summed E-state index contributed by atoms with van der Waals surface area (Å²) in [5, 5.41) is 0. The van der Waals surface area contributed by atoms with Gasteiger partial charge in [-0.25, -0.2) is 0 Å². The first-order chi connectivity index (χ1) is 17.5. The SMILES string of the molecule is Cl.Cl.[CH2]=[Zr]([C]1=CC=CC1)([c]1cccc2c1Cc1ccccc1-2)([CH](C)c1ccccc1)[CH](C)c1ccccc1. The monoisotopic (exact) mass is 616 g/mol. The molecule has 2 aliphatic carbocycles. The molecular weight excluding hydrogens is 583 g/mol. The zero-order chi connectivity index (χ0) is 24.8. The van der Waals surface area contributed by atoms with Gasteiger partial charge in [-0.05, 0) is 0 Å². The molecule has 0 heterocycles. The van der Waals surface area contributed by atoms with E-state index in [2.05, 4.69) is 135 Å². The Balaban J connectivity index is 0.00000168. The molecule has 0 aliphatic heterocycles. The van der Waals surface area contributed by atoms with E-state index in [0.29, 0.717) is 7.25 Å². The Labute approximate surface area is 241 Å². The molecule has 194 valence electrons. The van der Waals surface area contributed by atoms with E-state index >= 15 is 0 Å². The van der Waals surface area contributed by atoms with Gasteiger partial charge >= 0.3 is 218 Å². The third kappa shape index (κ3) is 4.10. The average Bonchev–Trinajstić information content (AvgIpc) is 3.62. The number of rotatable bonds is 6. The van der Waals surface area contributed by atoms with Crippen LogP contribution >= 0.6 is 24.8 Å². The predicted molar refractivity (Wildman–Crippen MR) is 167 cm³/mol. The number of benzene rings is 4. The fraction of sp³-hybridized carbons (Fsp3) is 0.171. The third-order valence-electron chi connectivity index (χ3n) is 9.59. The van der Waals surface area contributed by atoms with Gasteiger partial charge in [0.2, 0.25) is 0 Å². The molecule has 2 unspecified atom stereocenters. The van der Waals surface area contributed by atoms with E-state index in [1.165, 1.54) is 33.4 Å². The summed E-state index contributed by atoms with van der Waals surface area (Å²) in [7, 11) is 0. The van der Waals surface area contributed by atoms with Crippen molar-refractivity contribution in [3.63, 3.8) is 0 Å². The Morgan fingerprint density at radius 3 is 1.79 bits per heavy atom. The van der Waals surface area contributed by atoms with Gasteiger partial charge in [-0.3, -0.25) is 0 Å². The molecule has 3 heteroatoms. The number of hydrogen-bond acceptors (Lipinski definition) is 0. The molecule has 0 spiro atoms. The maximum absolute atomic E-state index is 5.65. The van der Waals surface area contributed by atoms with Gasteiger partial charge in [0.05, 0.1) is 0 Å². The second kappa shape index (κ2) is 11.1. The Morgan fingerprint density at radius 2 is 1.21 bits per heavy atom. The summed E-state index contributed by atoms with van der Waals surface area (Å²) in [4.78, 5) is 0. The molecule has 0 fully saturated rings. The van der Waals surface area contributed by atoms with Crippen molar-refractivity contribution in [2.24, 2.45) is 0 Å². The van der Waals surface area contributed by atoms with Crippen LogP contribution < -0.4 is 3.27 Å². The molecule has 0 radical (unpaired) electrons. The topological polar surface area (TPSA) is 0 Å². The van der Waals surface area contributed by atoms with Crippen LogP contribution in [0.15, 0.2) is 125 Å². The van der Waals surface area contributed by atoms with E-state index in [-0.39, 0.29) is 24.8 Å². The van der Waals surface area contributed by atoms with Gasteiger partial charge < -0.3 is 0 Å². The van der Waals surface area contributed by atoms with E-state index in [0.717, 1.165) is 12.8 Å². The first kappa shape index (κ1) is 28.7. The van der Waals surface area contributed by atoms with Gasteiger partial charge in [0.1, 0.15) is 0 Å². The van der Waals surface area contributed by atoms with Crippen molar-refractivity contribution in [3.8, 4) is 11.1 Å². The van der Waals surface area contributed by atoms with Crippen LogP contribution in [0.4, 0.5) is 0 Å². The number of hydrogen-bond donors (Lipinski definition) is 0. The molecule has 2 atom stereocenters. The van der Waals surface area contributed by atoms with Gasteiger partial charge in [-0.2, -0.15) is 0 Å². The summed E-state index contributed by atoms with van der Waals surface area (Å²) in [5.74, 6) is 0. The van der Waals surface area contributed by atoms with Crippen LogP contribution in [0.1, 0.15) is 49.8 Å². The molecule has 0 N–H and O–H groups in total. The molecule has 6 rings (SSSR count). The van der Waals surface area contributed by atoms with Crippen molar-refractivity contribution in [2.75, 3.05) is 0 Å². The van der Waals surface area contributed by atoms with Crippen LogP contribution in [0.3, 0.4) is 0 Å². The van der Waals surface area contributed by atoms with Gasteiger partial charge in [-0.1, -0.05) is 0 Å². The average molecular weight is 619 g/mol. The summed E-state index contributed by atoms with van der Waals surface area (Å²) in [5.41, 5.74) is 8.62. The number of fused-ring (bicyclic) bond motifs is 3. The van der Waals surface area contributed by atoms with Gasteiger partial charge in [0.15, 0.2) is 0 Å². The van der Waals surface area contributed by atoms with Crippen LogP contribution in [0.2, 0.25) is 0 Å². The Morgan fingerprint density at radius 1 is 0.658 bits per heavy atom. The van der Waals surface area contributed by atoms with E-state index < -0.39 is 18.3 Å². The zero-order valence-electron chi connectivity index (χ0n) is 22.1. The minimum absolute atomic E-state index is 0. The Kier molecular flexibility index (Phi) is 8.35. The van der Waals surface area contributed by atoms with Gasteiger partial charge in [0.25, 0.3) is 0 Å². The fourth-order valence-corrected chi connectivity index (χ4v) is 26.0. The molecule has 2 aliphatic rings. The molecule has 0 amide bonds. The molecular formula is C35H36Cl2Zr. The van der Waals surface area contributed by atoms with E-state index in [4.69, 9.17) is 4.21 Å². The molecule has 0 saturated heterocycles. The molecule has 0 saturated carbocycles. The number of allylic oxidation sites excluding steroid dienone is 4. The molecule has 0 aromatic heterocycles. The molecule has 4 aromatic carbocycles. The van der Waals surface area contributed by atoms with Crippen LogP contribution in [0.25, 0.3) is 11.1 Å².